The molecular weight excluding hydrogens is 496 g/mol. The van der Waals surface area contributed by atoms with Crippen molar-refractivity contribution in [2.24, 2.45) is 0 Å². The van der Waals surface area contributed by atoms with Crippen molar-refractivity contribution in [3.8, 4) is 11.1 Å². The topological polar surface area (TPSA) is 78.1 Å². The van der Waals surface area contributed by atoms with Crippen LogP contribution in [0.2, 0.25) is 0 Å². The van der Waals surface area contributed by atoms with E-state index in [1.165, 1.54) is 0 Å². The van der Waals surface area contributed by atoms with E-state index in [1.54, 1.807) is 35.2 Å². The van der Waals surface area contributed by atoms with Gasteiger partial charge in [-0.3, -0.25) is 9.59 Å². The summed E-state index contributed by atoms with van der Waals surface area (Å²) in [7, 11) is 0. The van der Waals surface area contributed by atoms with Crippen molar-refractivity contribution in [1.29, 1.82) is 0 Å². The van der Waals surface area contributed by atoms with Crippen LogP contribution < -0.4 is 5.32 Å². The second-order valence-electron chi connectivity index (χ2n) is 9.39. The number of carbonyl (C=O) groups excluding carboxylic acids is 2. The van der Waals surface area contributed by atoms with Gasteiger partial charge in [-0.2, -0.15) is 0 Å². The van der Waals surface area contributed by atoms with E-state index in [9.17, 15) is 9.59 Å². The molecule has 0 saturated carbocycles. The number of aromatic nitrogens is 2. The van der Waals surface area contributed by atoms with Crippen LogP contribution in [0.15, 0.2) is 110 Å². The average Bonchev–Trinajstić information content (AvgIpc) is 3.32. The van der Waals surface area contributed by atoms with Gasteiger partial charge in [-0.25, -0.2) is 4.98 Å². The van der Waals surface area contributed by atoms with Crippen molar-refractivity contribution in [1.82, 2.24) is 14.9 Å². The summed E-state index contributed by atoms with van der Waals surface area (Å²) >= 11 is 0. The van der Waals surface area contributed by atoms with Gasteiger partial charge < -0.3 is 15.2 Å². The van der Waals surface area contributed by atoms with E-state index in [0.717, 1.165) is 28.3 Å². The number of rotatable bonds is 4. The standard InChI is InChI=1S/C30H26N4O2.C4H8/c1-19-20(2)34(18-17-27-28(19)32-21(3)31-27)30(36)23-13-15-24(16-14-23)33-29(35)26-12-8-7-11-25(26)22-9-5-4-6-10-22;1-3-4-2/h4-16H,1-2,17-18H2,3H3,(H,31,32)(H,33,35);3-4H,1-2H3/b;4-3-. The van der Waals surface area contributed by atoms with Crippen LogP contribution in [0.1, 0.15) is 51.8 Å². The van der Waals surface area contributed by atoms with Gasteiger partial charge in [0.1, 0.15) is 5.82 Å². The molecule has 6 nitrogen and oxygen atoms in total. The van der Waals surface area contributed by atoms with Gasteiger partial charge in [0.25, 0.3) is 11.8 Å². The largest absolute Gasteiger partial charge is 0.346 e. The maximum atomic E-state index is 13.3. The summed E-state index contributed by atoms with van der Waals surface area (Å²) < 4.78 is 0. The minimum absolute atomic E-state index is 0.171. The third-order valence-corrected chi connectivity index (χ3v) is 6.67. The number of benzene rings is 3. The normalized spacial score (nSPS) is 12.8. The summed E-state index contributed by atoms with van der Waals surface area (Å²) in [5.41, 5.74) is 6.42. The third-order valence-electron chi connectivity index (χ3n) is 6.67. The SMILES string of the molecule is C/C=C\C.C=C1C(=C)N(C(=O)c2ccc(NC(=O)c3ccccc3-c3ccccc3)cc2)CCc2[nH]c(C)nc21. The first kappa shape index (κ1) is 28.0. The highest BCUT2D eigenvalue weighted by Gasteiger charge is 2.27. The number of imidazole rings is 1. The molecule has 0 fully saturated rings. The molecule has 2 amide bonds. The summed E-state index contributed by atoms with van der Waals surface area (Å²) in [5, 5.41) is 2.95. The molecule has 6 heteroatoms. The number of H-pyrrole nitrogens is 1. The molecule has 0 radical (unpaired) electrons. The van der Waals surface area contributed by atoms with Crippen molar-refractivity contribution in [3.63, 3.8) is 0 Å². The molecular formula is C34H34N4O2. The van der Waals surface area contributed by atoms with Crippen LogP contribution in [0.4, 0.5) is 5.69 Å². The first-order valence-corrected chi connectivity index (χ1v) is 13.2. The molecule has 0 saturated heterocycles. The van der Waals surface area contributed by atoms with E-state index in [1.807, 2.05) is 81.5 Å². The summed E-state index contributed by atoms with van der Waals surface area (Å²) in [5.74, 6) is 0.433. The molecule has 40 heavy (non-hydrogen) atoms. The first-order chi connectivity index (χ1) is 19.3. The van der Waals surface area contributed by atoms with Crippen molar-refractivity contribution in [2.75, 3.05) is 11.9 Å². The third kappa shape index (κ3) is 6.18. The molecule has 0 aliphatic carbocycles. The molecule has 2 heterocycles. The Bertz CT molecular complexity index is 1560. The zero-order chi connectivity index (χ0) is 28.6. The van der Waals surface area contributed by atoms with Crippen molar-refractivity contribution in [2.45, 2.75) is 27.2 Å². The van der Waals surface area contributed by atoms with E-state index in [2.05, 4.69) is 28.4 Å². The Morgan fingerprint density at radius 1 is 0.925 bits per heavy atom. The van der Waals surface area contributed by atoms with Crippen LogP contribution in [0.5, 0.6) is 0 Å². The van der Waals surface area contributed by atoms with Gasteiger partial charge in [0, 0.05) is 46.7 Å². The summed E-state index contributed by atoms with van der Waals surface area (Å²) in [6.07, 6.45) is 4.63. The molecule has 1 aromatic heterocycles. The zero-order valence-corrected chi connectivity index (χ0v) is 23.2. The second kappa shape index (κ2) is 12.7. The van der Waals surface area contributed by atoms with Crippen LogP contribution in [-0.2, 0) is 6.42 Å². The maximum Gasteiger partial charge on any atom is 0.258 e. The van der Waals surface area contributed by atoms with Gasteiger partial charge in [0.15, 0.2) is 0 Å². The number of nitrogens with one attached hydrogen (secondary N) is 2. The minimum atomic E-state index is -0.213. The Balaban J connectivity index is 0.000000867. The molecule has 5 rings (SSSR count). The average molecular weight is 531 g/mol. The number of nitrogens with zero attached hydrogens (tertiary/aromatic N) is 2. The smallest absolute Gasteiger partial charge is 0.258 e. The van der Waals surface area contributed by atoms with Gasteiger partial charge >= 0.3 is 0 Å². The molecule has 0 unspecified atom stereocenters. The zero-order valence-electron chi connectivity index (χ0n) is 23.2. The van der Waals surface area contributed by atoms with Crippen LogP contribution in [0.25, 0.3) is 16.7 Å². The highest BCUT2D eigenvalue weighted by atomic mass is 16.2. The lowest BCUT2D eigenvalue weighted by atomic mass is 9.99. The summed E-state index contributed by atoms with van der Waals surface area (Å²) in [6, 6.07) is 24.2. The number of hydrogen-bond donors (Lipinski definition) is 2. The van der Waals surface area contributed by atoms with Crippen LogP contribution >= 0.6 is 0 Å². The summed E-state index contributed by atoms with van der Waals surface area (Å²) in [4.78, 5) is 35.8. The van der Waals surface area contributed by atoms with Gasteiger partial charge in [0.2, 0.25) is 0 Å². The molecule has 2 N–H and O–H groups in total. The van der Waals surface area contributed by atoms with Crippen molar-refractivity contribution < 1.29 is 9.59 Å². The lowest BCUT2D eigenvalue weighted by Crippen LogP contribution is -2.31. The van der Waals surface area contributed by atoms with Crippen LogP contribution in [0, 0.1) is 6.92 Å². The van der Waals surface area contributed by atoms with Crippen LogP contribution in [-0.4, -0.2) is 33.2 Å². The second-order valence-corrected chi connectivity index (χ2v) is 9.39. The van der Waals surface area contributed by atoms with E-state index < -0.39 is 0 Å². The van der Waals surface area contributed by atoms with Gasteiger partial charge in [0.05, 0.1) is 5.69 Å². The maximum absolute atomic E-state index is 13.3. The van der Waals surface area contributed by atoms with E-state index >= 15 is 0 Å². The Labute approximate surface area is 235 Å². The van der Waals surface area contributed by atoms with Crippen molar-refractivity contribution in [3.05, 3.63) is 138 Å². The lowest BCUT2D eigenvalue weighted by molar-refractivity contribution is 0.0815. The van der Waals surface area contributed by atoms with Gasteiger partial charge in [-0.05, 0) is 62.2 Å². The monoisotopic (exact) mass is 530 g/mol. The van der Waals surface area contributed by atoms with Gasteiger partial charge in [-0.15, -0.1) is 0 Å². The number of allylic oxidation sites excluding steroid dienone is 3. The van der Waals surface area contributed by atoms with E-state index in [-0.39, 0.29) is 11.8 Å². The summed E-state index contributed by atoms with van der Waals surface area (Å²) in [6.45, 7) is 14.6. The Morgan fingerprint density at radius 3 is 2.25 bits per heavy atom. The molecule has 0 spiro atoms. The molecule has 202 valence electrons. The fraction of sp³-hybridized carbons (Fsp3) is 0.147. The Kier molecular flexibility index (Phi) is 8.92. The minimum Gasteiger partial charge on any atom is -0.346 e. The molecule has 3 aromatic carbocycles. The van der Waals surface area contributed by atoms with Crippen LogP contribution in [0.3, 0.4) is 0 Å². The van der Waals surface area contributed by atoms with E-state index in [4.69, 9.17) is 0 Å². The number of hydrogen-bond acceptors (Lipinski definition) is 3. The fourth-order valence-electron chi connectivity index (χ4n) is 4.45. The number of aryl methyl sites for hydroxylation is 1. The highest BCUT2D eigenvalue weighted by molar-refractivity contribution is 6.09. The predicted octanol–water partition coefficient (Wildman–Crippen LogP) is 7.45. The predicted molar refractivity (Wildman–Crippen MR) is 163 cm³/mol. The lowest BCUT2D eigenvalue weighted by Gasteiger charge is -2.23. The molecule has 1 aliphatic rings. The highest BCUT2D eigenvalue weighted by Crippen LogP contribution is 2.30. The van der Waals surface area contributed by atoms with Crippen molar-refractivity contribution >= 4 is 23.1 Å². The quantitative estimate of drug-likeness (QED) is 0.269. The number of aromatic amines is 1. The molecule has 0 bridgehead atoms. The van der Waals surface area contributed by atoms with Gasteiger partial charge in [-0.1, -0.05) is 73.8 Å². The molecule has 4 aromatic rings. The van der Waals surface area contributed by atoms with E-state index in [0.29, 0.717) is 41.1 Å². The molecule has 1 aliphatic heterocycles. The number of anilines is 1. The molecule has 0 atom stereocenters. The Morgan fingerprint density at radius 2 is 1.57 bits per heavy atom. The first-order valence-electron chi connectivity index (χ1n) is 13.2. The Hall–Kier alpha value is -4.97. The number of fused-ring (bicyclic) bond motifs is 1. The number of carbonyl (C=O) groups is 2. The fourth-order valence-corrected chi connectivity index (χ4v) is 4.45. The number of amides is 2.